The van der Waals surface area contributed by atoms with Crippen molar-refractivity contribution in [3.05, 3.63) is 46.0 Å². The van der Waals surface area contributed by atoms with Crippen LogP contribution in [0.25, 0.3) is 10.9 Å². The van der Waals surface area contributed by atoms with Crippen molar-refractivity contribution in [2.24, 2.45) is 0 Å². The number of fused-ring (bicyclic) bond motifs is 1. The second-order valence-corrected chi connectivity index (χ2v) is 10.3. The zero-order chi connectivity index (χ0) is 25.0. The number of pyridine rings is 1. The standard InChI is InChI=1S/C26H38N6O3/c1-6-9-23(24-28-29-30-32(24)26(3,4)5)31(17-21-10-8-13-35-21)16-19-14-18-15-20(34-7-2)11-12-22(18)27-25(19)33/h11-12,14-15,21,23H,6-10,13,16-17H2,1-5H3,(H,27,33)/t21-,23-/m1/s1. The Kier molecular flexibility index (Phi) is 7.86. The molecular weight excluding hydrogens is 444 g/mol. The Morgan fingerprint density at radius 3 is 2.80 bits per heavy atom. The maximum atomic E-state index is 13.1. The van der Waals surface area contributed by atoms with Gasteiger partial charge in [0.05, 0.1) is 24.3 Å². The Bertz CT molecular complexity index is 1180. The number of tetrazole rings is 1. The fraction of sp³-hybridized carbons (Fsp3) is 0.615. The average molecular weight is 483 g/mol. The predicted molar refractivity (Wildman–Crippen MR) is 136 cm³/mol. The van der Waals surface area contributed by atoms with E-state index in [0.717, 1.165) is 61.3 Å². The molecule has 0 amide bonds. The minimum Gasteiger partial charge on any atom is -0.494 e. The molecule has 1 saturated heterocycles. The van der Waals surface area contributed by atoms with Gasteiger partial charge in [0.25, 0.3) is 5.56 Å². The highest BCUT2D eigenvalue weighted by atomic mass is 16.5. The number of aromatic nitrogens is 5. The SMILES string of the molecule is CCC[C@H](c1nnnn1C(C)(C)C)N(Cc1cc2cc(OCC)ccc2[nH]c1=O)C[C@H]1CCCO1. The van der Waals surface area contributed by atoms with Crippen LogP contribution in [0.4, 0.5) is 0 Å². The third kappa shape index (κ3) is 5.90. The number of hydrogen-bond donors (Lipinski definition) is 1. The van der Waals surface area contributed by atoms with Crippen molar-refractivity contribution in [1.29, 1.82) is 0 Å². The molecule has 3 heterocycles. The predicted octanol–water partition coefficient (Wildman–Crippen LogP) is 4.19. The first-order valence-electron chi connectivity index (χ1n) is 12.7. The molecule has 35 heavy (non-hydrogen) atoms. The molecule has 0 spiro atoms. The molecule has 0 unspecified atom stereocenters. The van der Waals surface area contributed by atoms with Gasteiger partial charge in [-0.05, 0) is 81.6 Å². The Morgan fingerprint density at radius 1 is 1.29 bits per heavy atom. The third-order valence-corrected chi connectivity index (χ3v) is 6.47. The molecule has 0 radical (unpaired) electrons. The third-order valence-electron chi connectivity index (χ3n) is 6.47. The van der Waals surface area contributed by atoms with E-state index in [-0.39, 0.29) is 23.2 Å². The van der Waals surface area contributed by atoms with Gasteiger partial charge in [0.1, 0.15) is 5.75 Å². The Labute approximate surface area is 206 Å². The summed E-state index contributed by atoms with van der Waals surface area (Å²) in [7, 11) is 0. The summed E-state index contributed by atoms with van der Waals surface area (Å²) in [6.45, 7) is 13.0. The fourth-order valence-electron chi connectivity index (χ4n) is 4.80. The number of nitrogens with zero attached hydrogens (tertiary/aromatic N) is 5. The summed E-state index contributed by atoms with van der Waals surface area (Å²) in [5.74, 6) is 1.62. The van der Waals surface area contributed by atoms with Crippen LogP contribution in [0.15, 0.2) is 29.1 Å². The molecule has 2 aromatic heterocycles. The zero-order valence-electron chi connectivity index (χ0n) is 21.6. The van der Waals surface area contributed by atoms with Gasteiger partial charge in [-0.1, -0.05) is 13.3 Å². The Morgan fingerprint density at radius 2 is 2.11 bits per heavy atom. The van der Waals surface area contributed by atoms with E-state index in [1.165, 1.54) is 0 Å². The van der Waals surface area contributed by atoms with Crippen molar-refractivity contribution < 1.29 is 9.47 Å². The van der Waals surface area contributed by atoms with Crippen molar-refractivity contribution >= 4 is 10.9 Å². The molecular formula is C26H38N6O3. The highest BCUT2D eigenvalue weighted by Gasteiger charge is 2.32. The van der Waals surface area contributed by atoms with Gasteiger partial charge in [0, 0.05) is 36.2 Å². The van der Waals surface area contributed by atoms with Crippen LogP contribution in [-0.4, -0.2) is 56.0 Å². The van der Waals surface area contributed by atoms with Crippen LogP contribution in [0.3, 0.4) is 0 Å². The lowest BCUT2D eigenvalue weighted by Gasteiger charge is -2.34. The van der Waals surface area contributed by atoms with Gasteiger partial charge in [-0.3, -0.25) is 9.69 Å². The van der Waals surface area contributed by atoms with Crippen molar-refractivity contribution in [3.8, 4) is 5.75 Å². The number of nitrogens with one attached hydrogen (secondary N) is 1. The lowest BCUT2D eigenvalue weighted by Crippen LogP contribution is -2.39. The van der Waals surface area contributed by atoms with Gasteiger partial charge in [-0.2, -0.15) is 0 Å². The van der Waals surface area contributed by atoms with Crippen LogP contribution in [0, 0.1) is 0 Å². The van der Waals surface area contributed by atoms with Crippen molar-refractivity contribution in [3.63, 3.8) is 0 Å². The first kappa shape index (κ1) is 25.3. The van der Waals surface area contributed by atoms with E-state index in [9.17, 15) is 4.79 Å². The summed E-state index contributed by atoms with van der Waals surface area (Å²) in [4.78, 5) is 18.5. The molecule has 190 valence electrons. The van der Waals surface area contributed by atoms with Crippen molar-refractivity contribution in [1.82, 2.24) is 30.1 Å². The normalized spacial score (nSPS) is 17.4. The van der Waals surface area contributed by atoms with E-state index in [0.29, 0.717) is 18.7 Å². The molecule has 1 fully saturated rings. The minimum atomic E-state index is -0.254. The number of hydrogen-bond acceptors (Lipinski definition) is 7. The molecule has 2 atom stereocenters. The summed E-state index contributed by atoms with van der Waals surface area (Å²) in [5, 5.41) is 13.7. The fourth-order valence-corrected chi connectivity index (χ4v) is 4.80. The molecule has 9 heteroatoms. The van der Waals surface area contributed by atoms with Crippen LogP contribution in [-0.2, 0) is 16.8 Å². The lowest BCUT2D eigenvalue weighted by molar-refractivity contribution is 0.0465. The molecule has 0 bridgehead atoms. The van der Waals surface area contributed by atoms with E-state index in [2.05, 4.69) is 53.1 Å². The topological polar surface area (TPSA) is 98.2 Å². The second-order valence-electron chi connectivity index (χ2n) is 10.3. The molecule has 1 N–H and O–H groups in total. The number of ether oxygens (including phenoxy) is 2. The highest BCUT2D eigenvalue weighted by molar-refractivity contribution is 5.80. The number of H-pyrrole nitrogens is 1. The van der Waals surface area contributed by atoms with Gasteiger partial charge < -0.3 is 14.5 Å². The lowest BCUT2D eigenvalue weighted by atomic mass is 10.0. The quantitative estimate of drug-likeness (QED) is 0.463. The van der Waals surface area contributed by atoms with Gasteiger partial charge in [-0.15, -0.1) is 5.10 Å². The summed E-state index contributed by atoms with van der Waals surface area (Å²) in [6, 6.07) is 7.70. The first-order valence-corrected chi connectivity index (χ1v) is 12.7. The van der Waals surface area contributed by atoms with Gasteiger partial charge in [0.15, 0.2) is 5.82 Å². The molecule has 9 nitrogen and oxygen atoms in total. The number of aromatic amines is 1. The van der Waals surface area contributed by atoms with E-state index in [4.69, 9.17) is 9.47 Å². The Hall–Kier alpha value is -2.78. The second kappa shape index (κ2) is 10.9. The summed E-state index contributed by atoms with van der Waals surface area (Å²) in [6.07, 6.45) is 4.06. The summed E-state index contributed by atoms with van der Waals surface area (Å²) in [5.41, 5.74) is 1.18. The van der Waals surface area contributed by atoms with E-state index in [1.54, 1.807) is 0 Å². The molecule has 4 rings (SSSR count). The van der Waals surface area contributed by atoms with Crippen LogP contribution < -0.4 is 10.3 Å². The molecule has 1 aromatic carbocycles. The van der Waals surface area contributed by atoms with Crippen molar-refractivity contribution in [2.75, 3.05) is 19.8 Å². The van der Waals surface area contributed by atoms with Crippen LogP contribution in [0.2, 0.25) is 0 Å². The van der Waals surface area contributed by atoms with Gasteiger partial charge >= 0.3 is 0 Å². The smallest absolute Gasteiger partial charge is 0.252 e. The van der Waals surface area contributed by atoms with Gasteiger partial charge in [-0.25, -0.2) is 4.68 Å². The monoisotopic (exact) mass is 482 g/mol. The van der Waals surface area contributed by atoms with E-state index >= 15 is 0 Å². The molecule has 0 saturated carbocycles. The number of rotatable bonds is 10. The zero-order valence-corrected chi connectivity index (χ0v) is 21.6. The first-order chi connectivity index (χ1) is 16.8. The van der Waals surface area contributed by atoms with Crippen LogP contribution in [0.1, 0.15) is 77.7 Å². The average Bonchev–Trinajstić information content (AvgIpc) is 3.50. The summed E-state index contributed by atoms with van der Waals surface area (Å²) < 4.78 is 13.6. The maximum absolute atomic E-state index is 13.1. The molecule has 3 aromatic rings. The Balaban J connectivity index is 1.73. The van der Waals surface area contributed by atoms with Crippen LogP contribution in [0.5, 0.6) is 5.75 Å². The number of benzene rings is 1. The minimum absolute atomic E-state index is 0.0386. The van der Waals surface area contributed by atoms with Gasteiger partial charge in [0.2, 0.25) is 0 Å². The van der Waals surface area contributed by atoms with Crippen molar-refractivity contribution in [2.45, 2.75) is 84.5 Å². The summed E-state index contributed by atoms with van der Waals surface area (Å²) >= 11 is 0. The van der Waals surface area contributed by atoms with Crippen LogP contribution >= 0.6 is 0 Å². The highest BCUT2D eigenvalue weighted by Crippen LogP contribution is 2.30. The molecule has 1 aliphatic heterocycles. The maximum Gasteiger partial charge on any atom is 0.252 e. The molecule has 1 aliphatic rings. The van der Waals surface area contributed by atoms with E-state index < -0.39 is 0 Å². The molecule has 0 aliphatic carbocycles. The van der Waals surface area contributed by atoms with E-state index in [1.807, 2.05) is 35.9 Å². The largest absolute Gasteiger partial charge is 0.494 e.